The first-order valence-electron chi connectivity index (χ1n) is 15.0. The summed E-state index contributed by atoms with van der Waals surface area (Å²) in [6.07, 6.45) is 12.5. The summed E-state index contributed by atoms with van der Waals surface area (Å²) in [5, 5.41) is 22.7. The number of rotatable bonds is 13. The van der Waals surface area contributed by atoms with Gasteiger partial charge in [0.05, 0.1) is 5.25 Å². The molecule has 0 saturated heterocycles. The number of carbonyl (C=O) groups excluding carboxylic acids is 3. The molecule has 2 aliphatic carbocycles. The number of hydrogen-bond donors (Lipinski definition) is 5. The van der Waals surface area contributed by atoms with Crippen molar-refractivity contribution in [2.75, 3.05) is 12.3 Å². The van der Waals surface area contributed by atoms with Crippen LogP contribution in [0, 0.1) is 11.8 Å². The molecule has 1 aromatic heterocycles. The minimum Gasteiger partial charge on any atom is -0.480 e. The van der Waals surface area contributed by atoms with E-state index in [4.69, 9.17) is 20.7 Å². The van der Waals surface area contributed by atoms with E-state index in [1.165, 1.54) is 17.3 Å². The molecular formula is C31H40N4O8S. The first-order valence-corrected chi connectivity index (χ1v) is 16.1. The van der Waals surface area contributed by atoms with Gasteiger partial charge < -0.3 is 31.3 Å². The second-order valence-electron chi connectivity index (χ2n) is 11.5. The van der Waals surface area contributed by atoms with Crippen LogP contribution in [0.4, 0.5) is 0 Å². The van der Waals surface area contributed by atoms with Crippen LogP contribution in [0.25, 0.3) is 0 Å². The van der Waals surface area contributed by atoms with Crippen LogP contribution in [0.15, 0.2) is 47.5 Å². The second kappa shape index (κ2) is 15.8. The van der Waals surface area contributed by atoms with E-state index < -0.39 is 48.3 Å². The highest BCUT2D eigenvalue weighted by molar-refractivity contribution is 8.00. The Kier molecular flexibility index (Phi) is 12.0. The van der Waals surface area contributed by atoms with Crippen LogP contribution < -0.4 is 16.4 Å². The van der Waals surface area contributed by atoms with Crippen LogP contribution in [0.2, 0.25) is 0 Å². The zero-order chi connectivity index (χ0) is 31.6. The lowest BCUT2D eigenvalue weighted by Gasteiger charge is -2.30. The molecular weight excluding hydrogens is 588 g/mol. The van der Waals surface area contributed by atoms with Gasteiger partial charge in [-0.1, -0.05) is 37.3 Å². The molecule has 2 heterocycles. The number of nitrogens with one attached hydrogen (secondary N) is 2. The number of aliphatic carboxylic acids is 2. The Morgan fingerprint density at radius 1 is 1.09 bits per heavy atom. The van der Waals surface area contributed by atoms with Gasteiger partial charge in [-0.15, -0.1) is 11.8 Å². The minimum atomic E-state index is -1.24. The Morgan fingerprint density at radius 3 is 2.52 bits per heavy atom. The number of pyridine rings is 1. The van der Waals surface area contributed by atoms with E-state index in [2.05, 4.69) is 15.6 Å². The van der Waals surface area contributed by atoms with E-state index in [0.29, 0.717) is 12.2 Å². The summed E-state index contributed by atoms with van der Waals surface area (Å²) >= 11 is 1.39. The van der Waals surface area contributed by atoms with E-state index in [-0.39, 0.29) is 35.7 Å². The van der Waals surface area contributed by atoms with Crippen LogP contribution >= 0.6 is 11.8 Å². The fourth-order valence-electron chi connectivity index (χ4n) is 5.98. The molecule has 0 radical (unpaired) electrons. The molecule has 44 heavy (non-hydrogen) atoms. The molecule has 0 saturated carbocycles. The molecule has 2 amide bonds. The zero-order valence-electron chi connectivity index (χ0n) is 24.5. The standard InChI is InChI=1S/C31H40N4O8S/c32-22(30(40)41)7-8-25(36)35-23(29(39)34-16-26(37)38)17-44-24-6-4-2-1-3-5-20-14-19(13-18-9-11-33-12-10-18)15-21-27(20)28(24)43-31(21)42/h9-12,15,20-24H,1-8,13-14,16-17,32H2,(H,34,39)(H,35,36)(H,37,38)(H,40,41). The number of carboxylic acids is 2. The number of ether oxygens (including phenoxy) is 1. The number of carbonyl (C=O) groups is 5. The molecule has 3 aliphatic rings. The first-order chi connectivity index (χ1) is 21.1. The number of aromatic nitrogens is 1. The van der Waals surface area contributed by atoms with E-state index in [1.54, 1.807) is 12.4 Å². The predicted molar refractivity (Wildman–Crippen MR) is 162 cm³/mol. The van der Waals surface area contributed by atoms with E-state index in [9.17, 15) is 24.0 Å². The van der Waals surface area contributed by atoms with Crippen LogP contribution in [0.3, 0.4) is 0 Å². The minimum absolute atomic E-state index is 0.0969. The normalized spacial score (nSPS) is 23.0. The van der Waals surface area contributed by atoms with E-state index in [0.717, 1.165) is 56.1 Å². The number of carboxylic acid groups (broad SMARTS) is 2. The highest BCUT2D eigenvalue weighted by atomic mass is 32.2. The van der Waals surface area contributed by atoms with Crippen LogP contribution in [-0.2, 0) is 35.1 Å². The lowest BCUT2D eigenvalue weighted by molar-refractivity contribution is -0.140. The molecule has 5 unspecified atom stereocenters. The molecule has 1 aliphatic heterocycles. The van der Waals surface area contributed by atoms with Crippen molar-refractivity contribution in [1.29, 1.82) is 0 Å². The van der Waals surface area contributed by atoms with Crippen LogP contribution in [0.5, 0.6) is 0 Å². The maximum atomic E-state index is 13.3. The summed E-state index contributed by atoms with van der Waals surface area (Å²) in [4.78, 5) is 65.0. The van der Waals surface area contributed by atoms with Crippen molar-refractivity contribution in [3.05, 3.63) is 53.1 Å². The molecule has 0 fully saturated rings. The number of nitrogens with zero attached hydrogens (tertiary/aromatic N) is 1. The smallest absolute Gasteiger partial charge is 0.322 e. The Labute approximate surface area is 260 Å². The molecule has 5 atom stereocenters. The Hall–Kier alpha value is -3.71. The van der Waals surface area contributed by atoms with Gasteiger partial charge in [0.2, 0.25) is 11.8 Å². The van der Waals surface area contributed by atoms with Gasteiger partial charge in [0, 0.05) is 24.6 Å². The highest BCUT2D eigenvalue weighted by Crippen LogP contribution is 2.47. The van der Waals surface area contributed by atoms with Crippen molar-refractivity contribution >= 4 is 41.5 Å². The number of thioether (sulfide) groups is 1. The lowest BCUT2D eigenvalue weighted by atomic mass is 9.74. The third kappa shape index (κ3) is 9.15. The third-order valence-corrected chi connectivity index (χ3v) is 9.58. The molecule has 238 valence electrons. The number of nitrogens with two attached hydrogens (primary N) is 1. The molecule has 13 heteroatoms. The van der Waals surface area contributed by atoms with Crippen molar-refractivity contribution in [3.8, 4) is 0 Å². The summed E-state index contributed by atoms with van der Waals surface area (Å²) in [6, 6.07) is 1.65. The summed E-state index contributed by atoms with van der Waals surface area (Å²) in [6.45, 7) is -0.617. The van der Waals surface area contributed by atoms with Crippen molar-refractivity contribution < 1.29 is 38.9 Å². The third-order valence-electron chi connectivity index (χ3n) is 8.21. The van der Waals surface area contributed by atoms with Crippen molar-refractivity contribution in [3.63, 3.8) is 0 Å². The van der Waals surface area contributed by atoms with Crippen LogP contribution in [-0.4, -0.2) is 74.6 Å². The molecule has 1 aromatic rings. The molecule has 6 N–H and O–H groups in total. The number of esters is 1. The average molecular weight is 629 g/mol. The van der Waals surface area contributed by atoms with Gasteiger partial charge in [-0.25, -0.2) is 0 Å². The Bertz CT molecular complexity index is 1300. The van der Waals surface area contributed by atoms with Crippen molar-refractivity contribution in [2.45, 2.75) is 81.5 Å². The quantitative estimate of drug-likeness (QED) is 0.159. The SMILES string of the molecule is NC(CCC(=O)NC(CSC1CCCCCCC2CC(Cc3ccncc3)=CC3C(=O)OC1=C23)C(=O)NCC(=O)O)C(=O)O. The van der Waals surface area contributed by atoms with Gasteiger partial charge >= 0.3 is 17.9 Å². The zero-order valence-corrected chi connectivity index (χ0v) is 25.4. The second-order valence-corrected chi connectivity index (χ2v) is 12.7. The predicted octanol–water partition coefficient (Wildman–Crippen LogP) is 2.33. The van der Waals surface area contributed by atoms with E-state index >= 15 is 0 Å². The number of amides is 2. The van der Waals surface area contributed by atoms with Gasteiger partial charge in [-0.3, -0.25) is 29.0 Å². The Balaban J connectivity index is 1.53. The summed E-state index contributed by atoms with van der Waals surface area (Å²) in [5.74, 6) is -3.54. The molecule has 0 spiro atoms. The maximum absolute atomic E-state index is 13.3. The number of allylic oxidation sites excluding steroid dienone is 1. The first kappa shape index (κ1) is 33.2. The van der Waals surface area contributed by atoms with E-state index in [1.807, 2.05) is 18.2 Å². The Morgan fingerprint density at radius 2 is 1.82 bits per heavy atom. The van der Waals surface area contributed by atoms with Crippen molar-refractivity contribution in [1.82, 2.24) is 15.6 Å². The summed E-state index contributed by atoms with van der Waals surface area (Å²) in [7, 11) is 0. The fourth-order valence-corrected chi connectivity index (χ4v) is 7.31. The van der Waals surface area contributed by atoms with Crippen molar-refractivity contribution in [2.24, 2.45) is 17.6 Å². The molecule has 0 aromatic carbocycles. The molecule has 12 nitrogen and oxygen atoms in total. The molecule has 0 bridgehead atoms. The maximum Gasteiger partial charge on any atom is 0.322 e. The molecule has 4 rings (SSSR count). The summed E-state index contributed by atoms with van der Waals surface area (Å²) < 4.78 is 5.99. The van der Waals surface area contributed by atoms with Gasteiger partial charge in [0.1, 0.15) is 30.3 Å². The highest BCUT2D eigenvalue weighted by Gasteiger charge is 2.44. The van der Waals surface area contributed by atoms with Gasteiger partial charge in [0.25, 0.3) is 0 Å². The number of hydrogen-bond acceptors (Lipinski definition) is 9. The summed E-state index contributed by atoms with van der Waals surface area (Å²) in [5.41, 5.74) is 8.87. The monoisotopic (exact) mass is 628 g/mol. The van der Waals surface area contributed by atoms with Gasteiger partial charge in [-0.2, -0.15) is 0 Å². The fraction of sp³-hybridized carbons (Fsp3) is 0.548. The topological polar surface area (TPSA) is 198 Å². The van der Waals surface area contributed by atoms with Gasteiger partial charge in [-0.05, 0) is 61.3 Å². The van der Waals surface area contributed by atoms with Crippen LogP contribution in [0.1, 0.15) is 63.4 Å². The largest absolute Gasteiger partial charge is 0.480 e. The average Bonchev–Trinajstić information content (AvgIpc) is 3.33. The lowest BCUT2D eigenvalue weighted by Crippen LogP contribution is -2.49. The van der Waals surface area contributed by atoms with Gasteiger partial charge in [0.15, 0.2) is 0 Å².